The summed E-state index contributed by atoms with van der Waals surface area (Å²) >= 11 is 0. The predicted octanol–water partition coefficient (Wildman–Crippen LogP) is 9.77. The molecule has 0 bridgehead atoms. The Morgan fingerprint density at radius 3 is 0.808 bits per heavy atom. The van der Waals surface area contributed by atoms with Gasteiger partial charge in [0.1, 0.15) is 23.3 Å². The number of benzene rings is 3. The molecule has 0 spiro atoms. The summed E-state index contributed by atoms with van der Waals surface area (Å²) in [6.07, 6.45) is 0. The topological polar surface area (TPSA) is 116 Å². The number of aromatic nitrogens is 9. The fourth-order valence-electron chi connectivity index (χ4n) is 5.30. The van der Waals surface area contributed by atoms with E-state index in [1.54, 1.807) is 0 Å². The van der Waals surface area contributed by atoms with Crippen molar-refractivity contribution in [3.05, 3.63) is 102 Å². The van der Waals surface area contributed by atoms with Crippen LogP contribution in [0.3, 0.4) is 0 Å². The lowest BCUT2D eigenvalue weighted by Gasteiger charge is -2.22. The summed E-state index contributed by atoms with van der Waals surface area (Å²) in [4.78, 5) is 44.6. The van der Waals surface area contributed by atoms with Crippen molar-refractivity contribution in [2.75, 3.05) is 0 Å². The molecule has 0 unspecified atom stereocenters. The van der Waals surface area contributed by atoms with Gasteiger partial charge >= 0.3 is 0 Å². The second-order valence-electron chi connectivity index (χ2n) is 17.4. The van der Waals surface area contributed by atoms with Crippen molar-refractivity contribution in [1.82, 2.24) is 44.9 Å². The molecule has 9 nitrogen and oxygen atoms in total. The van der Waals surface area contributed by atoms with Crippen molar-refractivity contribution in [2.45, 2.75) is 105 Å². The van der Waals surface area contributed by atoms with Crippen LogP contribution in [0.1, 0.15) is 106 Å². The number of hydrogen-bond acceptors (Lipinski definition) is 9. The normalized spacial score (nSPS) is 12.6. The molecular weight excluding hydrogens is 643 g/mol. The van der Waals surface area contributed by atoms with Crippen LogP contribution < -0.4 is 0 Å². The molecule has 266 valence electrons. The minimum Gasteiger partial charge on any atom is -0.217 e. The van der Waals surface area contributed by atoms with Crippen LogP contribution in [0, 0.1) is 0 Å². The van der Waals surface area contributed by atoms with Crippen LogP contribution in [-0.2, 0) is 21.7 Å². The Balaban J connectivity index is 1.50. The van der Waals surface area contributed by atoms with Gasteiger partial charge in [0.15, 0.2) is 29.1 Å². The molecule has 6 rings (SSSR count). The molecule has 3 heterocycles. The molecule has 0 radical (unpaired) electrons. The second-order valence-corrected chi connectivity index (χ2v) is 17.4. The van der Waals surface area contributed by atoms with E-state index in [0.717, 1.165) is 51.1 Å². The van der Waals surface area contributed by atoms with Crippen LogP contribution in [-0.4, -0.2) is 44.9 Å². The highest BCUT2D eigenvalue weighted by Crippen LogP contribution is 2.32. The highest BCUT2D eigenvalue weighted by atomic mass is 15.1. The highest BCUT2D eigenvalue weighted by Gasteiger charge is 2.27. The first-order chi connectivity index (χ1) is 24.3. The van der Waals surface area contributed by atoms with E-state index in [9.17, 15) is 0 Å². The monoisotopic (exact) mass is 691 g/mol. The zero-order valence-corrected chi connectivity index (χ0v) is 32.5. The van der Waals surface area contributed by atoms with Gasteiger partial charge in [-0.2, -0.15) is 0 Å². The van der Waals surface area contributed by atoms with Gasteiger partial charge in [0.25, 0.3) is 0 Å². The molecule has 0 N–H and O–H groups in total. The molecule has 0 saturated heterocycles. The highest BCUT2D eigenvalue weighted by molar-refractivity contribution is 5.72. The van der Waals surface area contributed by atoms with Crippen molar-refractivity contribution in [2.24, 2.45) is 0 Å². The number of nitrogens with zero attached hydrogens (tertiary/aromatic N) is 9. The van der Waals surface area contributed by atoms with E-state index in [4.69, 9.17) is 44.9 Å². The van der Waals surface area contributed by atoms with Gasteiger partial charge in [-0.05, 0) is 12.1 Å². The van der Waals surface area contributed by atoms with Gasteiger partial charge in [-0.3, -0.25) is 0 Å². The van der Waals surface area contributed by atoms with Crippen LogP contribution >= 0.6 is 0 Å². The largest absolute Gasteiger partial charge is 0.217 e. The maximum absolute atomic E-state index is 5.07. The van der Waals surface area contributed by atoms with Crippen molar-refractivity contribution in [3.63, 3.8) is 0 Å². The molecule has 9 heteroatoms. The van der Waals surface area contributed by atoms with Crippen molar-refractivity contribution in [3.8, 4) is 56.9 Å². The van der Waals surface area contributed by atoms with Gasteiger partial charge in [-0.15, -0.1) is 0 Å². The Bertz CT molecular complexity index is 2030. The number of rotatable bonds is 5. The Morgan fingerprint density at radius 2 is 0.519 bits per heavy atom. The van der Waals surface area contributed by atoms with E-state index >= 15 is 0 Å². The third-order valence-corrected chi connectivity index (χ3v) is 8.38. The summed E-state index contributed by atoms with van der Waals surface area (Å²) in [6, 6.07) is 26.1. The summed E-state index contributed by atoms with van der Waals surface area (Å²) < 4.78 is 0. The molecule has 6 aromatic rings. The molecular formula is C43H49N9. The summed E-state index contributed by atoms with van der Waals surface area (Å²) in [5.41, 5.74) is 3.27. The summed E-state index contributed by atoms with van der Waals surface area (Å²) in [6.45, 7) is 25.4. The molecule has 0 amide bonds. The van der Waals surface area contributed by atoms with Gasteiger partial charge in [0, 0.05) is 49.5 Å². The Hall–Kier alpha value is -5.31. The Labute approximate surface area is 308 Å². The molecule has 0 atom stereocenters. The first kappa shape index (κ1) is 36.5. The molecule has 0 fully saturated rings. The van der Waals surface area contributed by atoms with Crippen LogP contribution in [0.2, 0.25) is 0 Å². The zero-order valence-electron chi connectivity index (χ0n) is 32.5. The molecule has 3 aromatic heterocycles. The van der Waals surface area contributed by atoms with Crippen LogP contribution in [0.4, 0.5) is 0 Å². The minimum absolute atomic E-state index is 0.249. The number of hydrogen-bond donors (Lipinski definition) is 0. The third kappa shape index (κ3) is 8.09. The standard InChI is InChI=1S/C43H49N9/c1-40(2,3)36-47-34(48-37(51-36)41(4,5)6)29-22-16-20-27(24-29)32-44-31(26-18-14-13-15-19-26)45-33(46-32)28-21-17-23-30(25-28)35-49-38(42(7,8)9)52-39(50-35)43(10,11)12/h13-25H,1-12H3. The fourth-order valence-corrected chi connectivity index (χ4v) is 5.30. The van der Waals surface area contributed by atoms with E-state index in [0.29, 0.717) is 29.1 Å². The molecule has 0 aliphatic carbocycles. The van der Waals surface area contributed by atoms with E-state index in [2.05, 4.69) is 83.1 Å². The summed E-state index contributed by atoms with van der Waals surface area (Å²) in [5, 5.41) is 0. The molecule has 0 aliphatic rings. The molecule has 0 saturated carbocycles. The molecule has 52 heavy (non-hydrogen) atoms. The molecule has 3 aromatic carbocycles. The maximum atomic E-state index is 5.07. The van der Waals surface area contributed by atoms with Gasteiger partial charge in [0.2, 0.25) is 0 Å². The lowest BCUT2D eigenvalue weighted by molar-refractivity contribution is 0.497. The Kier molecular flexibility index (Phi) is 9.36. The fraction of sp³-hybridized carbons (Fsp3) is 0.372. The first-order valence-electron chi connectivity index (χ1n) is 17.8. The third-order valence-electron chi connectivity index (χ3n) is 8.38. The van der Waals surface area contributed by atoms with Gasteiger partial charge < -0.3 is 0 Å². The average molecular weight is 692 g/mol. The lowest BCUT2D eigenvalue weighted by Crippen LogP contribution is -2.24. The maximum Gasteiger partial charge on any atom is 0.164 e. The summed E-state index contributed by atoms with van der Waals surface area (Å²) in [7, 11) is 0. The lowest BCUT2D eigenvalue weighted by atomic mass is 9.93. The van der Waals surface area contributed by atoms with Crippen LogP contribution in [0.5, 0.6) is 0 Å². The Morgan fingerprint density at radius 1 is 0.269 bits per heavy atom. The second kappa shape index (κ2) is 13.3. The van der Waals surface area contributed by atoms with E-state index in [-0.39, 0.29) is 21.7 Å². The van der Waals surface area contributed by atoms with Crippen molar-refractivity contribution in [1.29, 1.82) is 0 Å². The van der Waals surface area contributed by atoms with Crippen LogP contribution in [0.25, 0.3) is 56.9 Å². The quantitative estimate of drug-likeness (QED) is 0.174. The SMILES string of the molecule is CC(C)(C)c1nc(-c2cccc(-c3nc(-c4ccccc4)nc(-c4cccc(-c5nc(C(C)(C)C)nc(C(C)(C)C)n5)c4)n3)c2)nc(C(C)(C)C)n1. The predicted molar refractivity (Wildman–Crippen MR) is 209 cm³/mol. The van der Waals surface area contributed by atoms with E-state index in [1.165, 1.54) is 0 Å². The zero-order chi connectivity index (χ0) is 37.6. The van der Waals surface area contributed by atoms with Gasteiger partial charge in [-0.25, -0.2) is 44.9 Å². The minimum atomic E-state index is -0.249. The van der Waals surface area contributed by atoms with E-state index < -0.39 is 0 Å². The summed E-state index contributed by atoms with van der Waals surface area (Å²) in [5.74, 6) is 5.93. The van der Waals surface area contributed by atoms with Gasteiger partial charge in [0.05, 0.1) is 0 Å². The smallest absolute Gasteiger partial charge is 0.164 e. The van der Waals surface area contributed by atoms with Crippen molar-refractivity contribution >= 4 is 0 Å². The first-order valence-corrected chi connectivity index (χ1v) is 17.8. The van der Waals surface area contributed by atoms with Crippen LogP contribution in [0.15, 0.2) is 78.9 Å². The van der Waals surface area contributed by atoms with E-state index in [1.807, 2.05) is 78.9 Å². The van der Waals surface area contributed by atoms with Gasteiger partial charge in [-0.1, -0.05) is 150 Å². The van der Waals surface area contributed by atoms with Crippen molar-refractivity contribution < 1.29 is 0 Å². The average Bonchev–Trinajstić information content (AvgIpc) is 3.10. The molecule has 0 aliphatic heterocycles.